The summed E-state index contributed by atoms with van der Waals surface area (Å²) in [4.78, 5) is 12.4. The van der Waals surface area contributed by atoms with Gasteiger partial charge >= 0.3 is 29.6 Å². The molecule has 2 rings (SSSR count). The van der Waals surface area contributed by atoms with E-state index in [0.29, 0.717) is 0 Å². The van der Waals surface area contributed by atoms with Crippen molar-refractivity contribution in [1.29, 1.82) is 0 Å². The Morgan fingerprint density at radius 1 is 0.750 bits per heavy atom. The van der Waals surface area contributed by atoms with Gasteiger partial charge in [0.1, 0.15) is 0 Å². The van der Waals surface area contributed by atoms with E-state index in [4.69, 9.17) is 0 Å². The molecule has 2 fully saturated rings. The molecule has 2 saturated carbocycles. The predicted octanol–water partition coefficient (Wildman–Crippen LogP) is 0.294. The van der Waals surface area contributed by atoms with Crippen LogP contribution in [-0.2, 0) is 4.57 Å². The fourth-order valence-corrected chi connectivity index (χ4v) is 5.95. The second-order valence-electron chi connectivity index (χ2n) is 5.23. The van der Waals surface area contributed by atoms with Gasteiger partial charge in [0.15, 0.2) is 0 Å². The van der Waals surface area contributed by atoms with Gasteiger partial charge in [-0.25, -0.2) is 0 Å². The van der Waals surface area contributed by atoms with E-state index in [1.165, 1.54) is 12.8 Å². The van der Waals surface area contributed by atoms with Crippen LogP contribution in [0.15, 0.2) is 0 Å². The maximum Gasteiger partial charge on any atom is 1.00 e. The van der Waals surface area contributed by atoms with Crippen LogP contribution >= 0.6 is 7.37 Å². The molecular weight excluding hydrogens is 230 g/mol. The molecule has 0 amide bonds. The van der Waals surface area contributed by atoms with Crippen molar-refractivity contribution in [3.05, 3.63) is 0 Å². The molecule has 0 spiro atoms. The molecule has 2 nitrogen and oxygen atoms in total. The Balaban J connectivity index is 0.00000128. The zero-order valence-electron chi connectivity index (χ0n) is 10.5. The molecule has 0 heterocycles. The van der Waals surface area contributed by atoms with Crippen LogP contribution in [-0.4, -0.2) is 11.3 Å². The summed E-state index contributed by atoms with van der Waals surface area (Å²) in [6.07, 6.45) is 10.8. The Kier molecular flexibility index (Phi) is 6.62. The maximum absolute atomic E-state index is 12.4. The number of rotatable bonds is 2. The molecule has 0 bridgehead atoms. The summed E-state index contributed by atoms with van der Waals surface area (Å²) in [5, 5.41) is 0. The molecule has 4 heteroatoms. The first-order valence-electron chi connectivity index (χ1n) is 6.51. The number of hydrogen-bond acceptors (Lipinski definition) is 2. The molecule has 2 aliphatic carbocycles. The van der Waals surface area contributed by atoms with Gasteiger partial charge in [-0.1, -0.05) is 38.5 Å². The molecule has 88 valence electrons. The van der Waals surface area contributed by atoms with Crippen molar-refractivity contribution in [2.45, 2.75) is 75.5 Å². The van der Waals surface area contributed by atoms with Gasteiger partial charge in [0.2, 0.25) is 0 Å². The summed E-state index contributed by atoms with van der Waals surface area (Å²) >= 11 is 0. The Morgan fingerprint density at radius 2 is 1.06 bits per heavy atom. The first kappa shape index (κ1) is 15.2. The van der Waals surface area contributed by atoms with Crippen LogP contribution in [0.2, 0.25) is 0 Å². The van der Waals surface area contributed by atoms with Crippen molar-refractivity contribution >= 4 is 7.37 Å². The first-order valence-corrected chi connectivity index (χ1v) is 8.28. The van der Waals surface area contributed by atoms with Gasteiger partial charge in [0, 0.05) is 18.7 Å². The summed E-state index contributed by atoms with van der Waals surface area (Å²) < 4.78 is 12.4. The minimum Gasteiger partial charge on any atom is -0.799 e. The van der Waals surface area contributed by atoms with Gasteiger partial charge in [-0.05, 0) is 25.7 Å². The zero-order chi connectivity index (χ0) is 10.7. The second kappa shape index (κ2) is 6.95. The normalized spacial score (nSPS) is 25.1. The van der Waals surface area contributed by atoms with Gasteiger partial charge in [-0.2, -0.15) is 0 Å². The van der Waals surface area contributed by atoms with Crippen molar-refractivity contribution in [1.82, 2.24) is 0 Å². The van der Waals surface area contributed by atoms with Gasteiger partial charge in [-0.3, -0.25) is 0 Å². The predicted molar refractivity (Wildman–Crippen MR) is 61.4 cm³/mol. The summed E-state index contributed by atoms with van der Waals surface area (Å²) in [6, 6.07) is 0. The second-order valence-corrected chi connectivity index (χ2v) is 7.98. The van der Waals surface area contributed by atoms with Crippen molar-refractivity contribution < 1.29 is 39.0 Å². The molecule has 16 heavy (non-hydrogen) atoms. The molecule has 0 N–H and O–H groups in total. The third kappa shape index (κ3) is 3.59. The van der Waals surface area contributed by atoms with Crippen LogP contribution in [0.25, 0.3) is 0 Å². The smallest absolute Gasteiger partial charge is 0.799 e. The fourth-order valence-electron chi connectivity index (χ4n) is 3.18. The summed E-state index contributed by atoms with van der Waals surface area (Å²) in [5.41, 5.74) is 0.0729. The average Bonchev–Trinajstić information content (AvgIpc) is 2.31. The van der Waals surface area contributed by atoms with Gasteiger partial charge in [0.05, 0.1) is 0 Å². The van der Waals surface area contributed by atoms with Crippen LogP contribution in [0.5, 0.6) is 0 Å². The van der Waals surface area contributed by atoms with E-state index < -0.39 is 7.37 Å². The van der Waals surface area contributed by atoms with E-state index in [-0.39, 0.29) is 40.9 Å². The Hall–Kier alpha value is 1.19. The van der Waals surface area contributed by atoms with E-state index in [0.717, 1.165) is 51.4 Å². The molecule has 2 aliphatic rings. The van der Waals surface area contributed by atoms with E-state index in [2.05, 4.69) is 0 Å². The third-order valence-corrected chi connectivity index (χ3v) is 7.24. The average molecular weight is 252 g/mol. The van der Waals surface area contributed by atoms with Gasteiger partial charge in [-0.15, -0.1) is 0 Å². The van der Waals surface area contributed by atoms with Crippen LogP contribution in [0.3, 0.4) is 0 Å². The molecule has 0 aromatic heterocycles. The van der Waals surface area contributed by atoms with Crippen molar-refractivity contribution in [3.63, 3.8) is 0 Å². The van der Waals surface area contributed by atoms with Gasteiger partial charge < -0.3 is 9.46 Å². The quantitative estimate of drug-likeness (QED) is 0.523. The summed E-state index contributed by atoms with van der Waals surface area (Å²) in [6.45, 7) is 0. The van der Waals surface area contributed by atoms with Crippen molar-refractivity contribution in [2.24, 2.45) is 0 Å². The monoisotopic (exact) mass is 252 g/mol. The topological polar surface area (TPSA) is 40.1 Å². The standard InChI is InChI=1S/C12H23O2P.Na/c13-15(14,11-7-3-1-4-8-11)12-9-5-2-6-10-12;/h11-12H,1-10H2,(H,13,14);/q;+1/p-1. The minimum atomic E-state index is -3.09. The third-order valence-electron chi connectivity index (χ3n) is 4.17. The van der Waals surface area contributed by atoms with E-state index in [1.807, 2.05) is 0 Å². The van der Waals surface area contributed by atoms with Crippen molar-refractivity contribution in [3.8, 4) is 0 Å². The molecule has 0 unspecified atom stereocenters. The Morgan fingerprint density at radius 3 is 1.38 bits per heavy atom. The summed E-state index contributed by atoms with van der Waals surface area (Å²) in [5.74, 6) is 0. The fraction of sp³-hybridized carbons (Fsp3) is 1.00. The minimum absolute atomic E-state index is 0. The van der Waals surface area contributed by atoms with Crippen LogP contribution < -0.4 is 34.5 Å². The SMILES string of the molecule is O=P([O-])(C1CCCCC1)C1CCCCC1.[Na+]. The first-order chi connectivity index (χ1) is 7.21. The van der Waals surface area contributed by atoms with Crippen LogP contribution in [0.1, 0.15) is 64.2 Å². The largest absolute Gasteiger partial charge is 1.00 e. The zero-order valence-corrected chi connectivity index (χ0v) is 13.4. The molecule has 0 aliphatic heterocycles. The molecule has 0 radical (unpaired) electrons. The van der Waals surface area contributed by atoms with E-state index in [9.17, 15) is 9.46 Å². The Bertz CT molecular complexity index is 223. The van der Waals surface area contributed by atoms with E-state index >= 15 is 0 Å². The van der Waals surface area contributed by atoms with Gasteiger partial charge in [0.25, 0.3) is 0 Å². The maximum atomic E-state index is 12.4. The molecule has 0 saturated heterocycles. The molecule has 0 aromatic carbocycles. The van der Waals surface area contributed by atoms with Crippen LogP contribution in [0.4, 0.5) is 0 Å². The summed E-state index contributed by atoms with van der Waals surface area (Å²) in [7, 11) is -3.09. The van der Waals surface area contributed by atoms with E-state index in [1.54, 1.807) is 0 Å². The molecule has 0 aromatic rings. The number of hydrogen-bond donors (Lipinski definition) is 0. The van der Waals surface area contributed by atoms with Crippen molar-refractivity contribution in [2.75, 3.05) is 0 Å². The van der Waals surface area contributed by atoms with Crippen LogP contribution in [0, 0.1) is 0 Å². The molecule has 0 atom stereocenters. The molecular formula is C12H22NaO2P. The Labute approximate surface area is 121 Å².